The highest BCUT2D eigenvalue weighted by Crippen LogP contribution is 2.32. The number of rotatable bonds is 8. The summed E-state index contributed by atoms with van der Waals surface area (Å²) in [6, 6.07) is 16.9. The molecule has 166 valence electrons. The average molecular weight is 471 g/mol. The number of aromatic nitrogens is 1. The van der Waals surface area contributed by atoms with E-state index in [0.29, 0.717) is 28.5 Å². The molecule has 32 heavy (non-hydrogen) atoms. The first-order valence-electron chi connectivity index (χ1n) is 9.61. The SMILES string of the molecule is COc1ccccc1CCN(c1ccc(C#N)cc1)c1nc(C(=O)NS(C)(=O)=O)c(C)s1. The monoisotopic (exact) mass is 470 g/mol. The van der Waals surface area contributed by atoms with Crippen molar-refractivity contribution in [3.8, 4) is 11.8 Å². The predicted octanol–water partition coefficient (Wildman–Crippen LogP) is 3.40. The number of nitrogens with one attached hydrogen (secondary N) is 1. The van der Waals surface area contributed by atoms with Crippen LogP contribution in [0.15, 0.2) is 48.5 Å². The summed E-state index contributed by atoms with van der Waals surface area (Å²) in [5, 5.41) is 9.65. The molecule has 1 amide bonds. The Hall–Kier alpha value is -3.42. The Morgan fingerprint density at radius 3 is 2.53 bits per heavy atom. The van der Waals surface area contributed by atoms with Crippen LogP contribution in [0.4, 0.5) is 10.8 Å². The van der Waals surface area contributed by atoms with Crippen molar-refractivity contribution in [1.82, 2.24) is 9.71 Å². The summed E-state index contributed by atoms with van der Waals surface area (Å²) in [6.07, 6.45) is 1.55. The highest BCUT2D eigenvalue weighted by atomic mass is 32.2. The van der Waals surface area contributed by atoms with Gasteiger partial charge < -0.3 is 9.64 Å². The second-order valence-corrected chi connectivity index (χ2v) is 9.91. The Labute approximate surface area is 191 Å². The lowest BCUT2D eigenvalue weighted by Gasteiger charge is -2.22. The van der Waals surface area contributed by atoms with Crippen molar-refractivity contribution >= 4 is 38.1 Å². The molecule has 0 unspecified atom stereocenters. The van der Waals surface area contributed by atoms with Gasteiger partial charge in [-0.3, -0.25) is 4.79 Å². The van der Waals surface area contributed by atoms with Crippen LogP contribution in [-0.2, 0) is 16.4 Å². The van der Waals surface area contributed by atoms with E-state index in [4.69, 9.17) is 10.00 Å². The van der Waals surface area contributed by atoms with Gasteiger partial charge in [0.1, 0.15) is 11.4 Å². The molecule has 0 aliphatic rings. The van der Waals surface area contributed by atoms with Gasteiger partial charge in [0.25, 0.3) is 5.91 Å². The predicted molar refractivity (Wildman–Crippen MR) is 124 cm³/mol. The van der Waals surface area contributed by atoms with Crippen molar-refractivity contribution in [2.75, 3.05) is 24.8 Å². The normalized spacial score (nSPS) is 10.9. The zero-order valence-electron chi connectivity index (χ0n) is 17.8. The van der Waals surface area contributed by atoms with Crippen LogP contribution in [-0.4, -0.2) is 39.2 Å². The highest BCUT2D eigenvalue weighted by Gasteiger charge is 2.22. The maximum absolute atomic E-state index is 12.4. The molecule has 0 fully saturated rings. The van der Waals surface area contributed by atoms with Gasteiger partial charge in [0, 0.05) is 17.1 Å². The van der Waals surface area contributed by atoms with Gasteiger partial charge in [0.15, 0.2) is 5.13 Å². The van der Waals surface area contributed by atoms with Crippen LogP contribution < -0.4 is 14.4 Å². The zero-order chi connectivity index (χ0) is 23.3. The quantitative estimate of drug-likeness (QED) is 0.537. The van der Waals surface area contributed by atoms with Crippen LogP contribution in [0.5, 0.6) is 5.75 Å². The van der Waals surface area contributed by atoms with Gasteiger partial charge in [-0.05, 0) is 49.2 Å². The maximum atomic E-state index is 12.4. The molecular formula is C22H22N4O4S2. The number of benzene rings is 2. The van der Waals surface area contributed by atoms with Crippen LogP contribution in [0, 0.1) is 18.3 Å². The van der Waals surface area contributed by atoms with E-state index in [1.807, 2.05) is 46.0 Å². The van der Waals surface area contributed by atoms with Gasteiger partial charge in [0.2, 0.25) is 10.0 Å². The average Bonchev–Trinajstić information content (AvgIpc) is 3.15. The number of nitrogens with zero attached hydrogens (tertiary/aromatic N) is 3. The van der Waals surface area contributed by atoms with Gasteiger partial charge in [-0.15, -0.1) is 11.3 Å². The van der Waals surface area contributed by atoms with Crippen LogP contribution in [0.3, 0.4) is 0 Å². The molecule has 0 saturated carbocycles. The number of nitriles is 1. The van der Waals surface area contributed by atoms with Gasteiger partial charge in [-0.25, -0.2) is 18.1 Å². The van der Waals surface area contributed by atoms with Crippen molar-refractivity contribution in [3.63, 3.8) is 0 Å². The molecule has 1 aromatic heterocycles. The van der Waals surface area contributed by atoms with E-state index < -0.39 is 15.9 Å². The van der Waals surface area contributed by atoms with Gasteiger partial charge in [-0.1, -0.05) is 18.2 Å². The summed E-state index contributed by atoms with van der Waals surface area (Å²) in [7, 11) is -2.09. The van der Waals surface area contributed by atoms with E-state index in [-0.39, 0.29) is 5.69 Å². The topological polar surface area (TPSA) is 112 Å². The molecule has 0 aliphatic carbocycles. The van der Waals surface area contributed by atoms with Crippen LogP contribution in [0.1, 0.15) is 26.5 Å². The Kier molecular flexibility index (Phi) is 7.12. The van der Waals surface area contributed by atoms with E-state index in [9.17, 15) is 13.2 Å². The minimum absolute atomic E-state index is 0.0614. The standard InChI is InChI=1S/C22H22N4O4S2/c1-15-20(21(27)25-32(3,28)29)24-22(31-15)26(18-10-8-16(14-23)9-11-18)13-12-17-6-4-5-7-19(17)30-2/h4-11H,12-13H2,1-3H3,(H,25,27). The third kappa shape index (κ3) is 5.63. The summed E-state index contributed by atoms with van der Waals surface area (Å²) in [5.74, 6) is 0.00724. The summed E-state index contributed by atoms with van der Waals surface area (Å²) in [5.41, 5.74) is 2.40. The van der Waals surface area contributed by atoms with Gasteiger partial charge >= 0.3 is 0 Å². The van der Waals surface area contributed by atoms with Crippen molar-refractivity contribution in [3.05, 3.63) is 70.2 Å². The lowest BCUT2D eigenvalue weighted by molar-refractivity contribution is 0.0977. The molecule has 0 saturated heterocycles. The van der Waals surface area contributed by atoms with Crippen molar-refractivity contribution in [1.29, 1.82) is 5.26 Å². The minimum Gasteiger partial charge on any atom is -0.496 e. The molecule has 10 heteroatoms. The van der Waals surface area contributed by atoms with Crippen molar-refractivity contribution < 1.29 is 17.9 Å². The largest absolute Gasteiger partial charge is 0.496 e. The zero-order valence-corrected chi connectivity index (χ0v) is 19.5. The minimum atomic E-state index is -3.71. The first-order valence-corrected chi connectivity index (χ1v) is 12.3. The third-order valence-corrected chi connectivity index (χ3v) is 6.16. The fourth-order valence-electron chi connectivity index (χ4n) is 3.12. The lowest BCUT2D eigenvalue weighted by Crippen LogP contribution is -2.30. The Bertz CT molecular complexity index is 1260. The van der Waals surface area contributed by atoms with E-state index >= 15 is 0 Å². The number of hydrogen-bond acceptors (Lipinski definition) is 8. The van der Waals surface area contributed by atoms with Crippen LogP contribution >= 0.6 is 11.3 Å². The molecule has 0 radical (unpaired) electrons. The fraction of sp³-hybridized carbons (Fsp3) is 0.227. The molecule has 0 bridgehead atoms. The van der Waals surface area contributed by atoms with Crippen molar-refractivity contribution in [2.45, 2.75) is 13.3 Å². The smallest absolute Gasteiger partial charge is 0.284 e. The summed E-state index contributed by atoms with van der Waals surface area (Å²) in [4.78, 5) is 19.4. The maximum Gasteiger partial charge on any atom is 0.284 e. The molecule has 1 N–H and O–H groups in total. The Balaban J connectivity index is 1.96. The number of methoxy groups -OCH3 is 1. The van der Waals surface area contributed by atoms with E-state index in [1.165, 1.54) is 11.3 Å². The number of ether oxygens (including phenoxy) is 1. The van der Waals surface area contributed by atoms with E-state index in [2.05, 4.69) is 11.1 Å². The molecule has 8 nitrogen and oxygen atoms in total. The van der Waals surface area contributed by atoms with E-state index in [0.717, 1.165) is 23.3 Å². The number of hydrogen-bond donors (Lipinski definition) is 1. The summed E-state index contributed by atoms with van der Waals surface area (Å²) >= 11 is 1.29. The van der Waals surface area contributed by atoms with Crippen molar-refractivity contribution in [2.24, 2.45) is 0 Å². The molecule has 0 aliphatic heterocycles. The number of thiazole rings is 1. The second kappa shape index (κ2) is 9.80. The Morgan fingerprint density at radius 2 is 1.91 bits per heavy atom. The molecule has 0 atom stereocenters. The van der Waals surface area contributed by atoms with Crippen LogP contribution in [0.25, 0.3) is 0 Å². The fourth-order valence-corrected chi connectivity index (χ4v) is 4.50. The Morgan fingerprint density at radius 1 is 1.22 bits per heavy atom. The second-order valence-electron chi connectivity index (χ2n) is 6.98. The number of anilines is 2. The number of sulfonamides is 1. The highest BCUT2D eigenvalue weighted by molar-refractivity contribution is 7.89. The first kappa shape index (κ1) is 23.2. The first-order chi connectivity index (χ1) is 15.2. The number of aryl methyl sites for hydroxylation is 1. The molecular weight excluding hydrogens is 448 g/mol. The number of carbonyl (C=O) groups is 1. The van der Waals surface area contributed by atoms with Crippen LogP contribution in [0.2, 0.25) is 0 Å². The molecule has 1 heterocycles. The summed E-state index contributed by atoms with van der Waals surface area (Å²) in [6.45, 7) is 2.24. The number of carbonyl (C=O) groups excluding carboxylic acids is 1. The molecule has 0 spiro atoms. The number of amides is 1. The lowest BCUT2D eigenvalue weighted by atomic mass is 10.1. The molecule has 3 rings (SSSR count). The molecule has 2 aromatic carbocycles. The van der Waals surface area contributed by atoms with Gasteiger partial charge in [-0.2, -0.15) is 5.26 Å². The number of para-hydroxylation sites is 1. The van der Waals surface area contributed by atoms with Gasteiger partial charge in [0.05, 0.1) is 25.0 Å². The third-order valence-electron chi connectivity index (χ3n) is 4.61. The van der Waals surface area contributed by atoms with E-state index in [1.54, 1.807) is 26.2 Å². The molecule has 3 aromatic rings. The summed E-state index contributed by atoms with van der Waals surface area (Å²) < 4.78 is 30.3.